The molecule has 2 aliphatic heterocycles. The molecule has 0 unspecified atom stereocenters. The second-order valence-corrected chi connectivity index (χ2v) is 10.1. The zero-order valence-electron chi connectivity index (χ0n) is 21.2. The monoisotopic (exact) mass is 529 g/mol. The van der Waals surface area contributed by atoms with Gasteiger partial charge in [0.05, 0.1) is 37.0 Å². The standard InChI is InChI=1S/C25H30F3N9O/c1-3-25(12-38-13-25)35-8-7-18(16(26)10-35)32-24-33-22(29)21-15(6-9-37(21)34-24)17-4-5-19-23(31-17)36(11-20(27)28)14(2)30-19/h4-6,9,16,18,20H,3,7-8,10-13H2,1-2H3,(H3,29,32,33,34)/t16-,18+/m1/s1. The van der Waals surface area contributed by atoms with Gasteiger partial charge in [0.2, 0.25) is 5.95 Å². The summed E-state index contributed by atoms with van der Waals surface area (Å²) < 4.78 is 49.8. The van der Waals surface area contributed by atoms with Gasteiger partial charge in [0.15, 0.2) is 11.5 Å². The lowest BCUT2D eigenvalue weighted by molar-refractivity contribution is -0.153. The normalized spacial score (nSPS) is 21.8. The Kier molecular flexibility index (Phi) is 6.14. The van der Waals surface area contributed by atoms with E-state index < -0.39 is 25.2 Å². The summed E-state index contributed by atoms with van der Waals surface area (Å²) in [6.07, 6.45) is -0.362. The van der Waals surface area contributed by atoms with E-state index >= 15 is 4.39 Å². The number of fused-ring (bicyclic) bond motifs is 2. The highest BCUT2D eigenvalue weighted by molar-refractivity contribution is 5.88. The van der Waals surface area contributed by atoms with Crippen molar-refractivity contribution in [3.8, 4) is 11.3 Å². The number of anilines is 2. The van der Waals surface area contributed by atoms with E-state index in [4.69, 9.17) is 10.5 Å². The van der Waals surface area contributed by atoms with Gasteiger partial charge < -0.3 is 20.4 Å². The number of nitrogen functional groups attached to an aromatic ring is 1. The fourth-order valence-corrected chi connectivity index (χ4v) is 5.55. The summed E-state index contributed by atoms with van der Waals surface area (Å²) in [4.78, 5) is 15.6. The topological polar surface area (TPSA) is 111 Å². The first kappa shape index (κ1) is 24.9. The van der Waals surface area contributed by atoms with Gasteiger partial charge >= 0.3 is 0 Å². The number of ether oxygens (including phenoxy) is 1. The van der Waals surface area contributed by atoms with Crippen LogP contribution in [0.1, 0.15) is 25.6 Å². The zero-order chi connectivity index (χ0) is 26.6. The van der Waals surface area contributed by atoms with Crippen LogP contribution in [-0.4, -0.2) is 84.5 Å². The van der Waals surface area contributed by atoms with Crippen molar-refractivity contribution >= 4 is 28.4 Å². The molecule has 3 N–H and O–H groups in total. The molecular formula is C25H30F3N9O. The molecule has 4 aromatic rings. The van der Waals surface area contributed by atoms with Crippen LogP contribution in [-0.2, 0) is 11.3 Å². The number of aryl methyl sites for hydroxylation is 1. The van der Waals surface area contributed by atoms with Crippen LogP contribution in [0.2, 0.25) is 0 Å². The third-order valence-electron chi connectivity index (χ3n) is 7.84. The molecule has 0 aliphatic carbocycles. The number of nitrogens with two attached hydrogens (primary N) is 1. The number of hydrogen-bond acceptors (Lipinski definition) is 8. The molecule has 13 heteroatoms. The van der Waals surface area contributed by atoms with E-state index in [0.717, 1.165) is 13.0 Å². The summed E-state index contributed by atoms with van der Waals surface area (Å²) in [5.74, 6) is 0.906. The predicted molar refractivity (Wildman–Crippen MR) is 137 cm³/mol. The van der Waals surface area contributed by atoms with Gasteiger partial charge in [-0.1, -0.05) is 6.92 Å². The Morgan fingerprint density at radius 3 is 2.71 bits per heavy atom. The largest absolute Gasteiger partial charge is 0.382 e. The lowest BCUT2D eigenvalue weighted by atomic mass is 9.88. The molecule has 2 atom stereocenters. The number of imidazole rings is 1. The van der Waals surface area contributed by atoms with E-state index in [1.807, 2.05) is 0 Å². The number of hydrogen-bond donors (Lipinski definition) is 2. The maximum atomic E-state index is 15.2. The zero-order valence-corrected chi connectivity index (χ0v) is 21.2. The molecule has 0 amide bonds. The van der Waals surface area contributed by atoms with Gasteiger partial charge in [0.1, 0.15) is 23.0 Å². The van der Waals surface area contributed by atoms with Gasteiger partial charge in [-0.2, -0.15) is 4.98 Å². The molecule has 202 valence electrons. The first-order valence-electron chi connectivity index (χ1n) is 12.8. The average Bonchev–Trinajstić information content (AvgIpc) is 3.41. The van der Waals surface area contributed by atoms with Gasteiger partial charge in [-0.15, -0.1) is 5.10 Å². The van der Waals surface area contributed by atoms with E-state index in [9.17, 15) is 8.78 Å². The number of pyridine rings is 1. The summed E-state index contributed by atoms with van der Waals surface area (Å²) in [5, 5.41) is 7.65. The number of likely N-dealkylation sites (tertiary alicyclic amines) is 1. The van der Waals surface area contributed by atoms with Crippen LogP contribution in [0.5, 0.6) is 0 Å². The Hall–Kier alpha value is -3.45. The maximum Gasteiger partial charge on any atom is 0.256 e. The molecule has 2 aliphatic rings. The Labute approximate surface area is 217 Å². The van der Waals surface area contributed by atoms with E-state index in [-0.39, 0.29) is 17.3 Å². The highest BCUT2D eigenvalue weighted by atomic mass is 19.3. The predicted octanol–water partition coefficient (Wildman–Crippen LogP) is 3.30. The Balaban J connectivity index is 1.25. The summed E-state index contributed by atoms with van der Waals surface area (Å²) in [6.45, 7) is 5.69. The quantitative estimate of drug-likeness (QED) is 0.375. The molecule has 6 rings (SSSR count). The second kappa shape index (κ2) is 9.38. The third-order valence-corrected chi connectivity index (χ3v) is 7.84. The summed E-state index contributed by atoms with van der Waals surface area (Å²) >= 11 is 0. The molecule has 0 saturated carbocycles. The first-order valence-corrected chi connectivity index (χ1v) is 12.8. The summed E-state index contributed by atoms with van der Waals surface area (Å²) in [6, 6.07) is 4.87. The molecular weight excluding hydrogens is 499 g/mol. The first-order chi connectivity index (χ1) is 18.3. The molecule has 0 spiro atoms. The van der Waals surface area contributed by atoms with Crippen molar-refractivity contribution in [2.24, 2.45) is 0 Å². The van der Waals surface area contributed by atoms with Gasteiger partial charge in [-0.05, 0) is 38.0 Å². The smallest absolute Gasteiger partial charge is 0.256 e. The molecule has 0 radical (unpaired) electrons. The molecule has 6 heterocycles. The number of nitrogens with one attached hydrogen (secondary N) is 1. The SMILES string of the molecule is CCC1(N2CC[C@H](Nc3nc(N)c4c(-c5ccc6nc(C)n(CC(F)F)c6n5)ccn4n3)[C@H](F)C2)COC1. The minimum absolute atomic E-state index is 0.0520. The number of nitrogens with zero attached hydrogens (tertiary/aromatic N) is 7. The lowest BCUT2D eigenvalue weighted by Crippen LogP contribution is -2.66. The molecule has 38 heavy (non-hydrogen) atoms. The van der Waals surface area contributed by atoms with Crippen molar-refractivity contribution in [1.29, 1.82) is 0 Å². The van der Waals surface area contributed by atoms with E-state index in [1.54, 1.807) is 35.8 Å². The van der Waals surface area contributed by atoms with Crippen LogP contribution in [0.15, 0.2) is 24.4 Å². The van der Waals surface area contributed by atoms with Crippen LogP contribution in [0.25, 0.3) is 27.9 Å². The van der Waals surface area contributed by atoms with Gasteiger partial charge in [0.25, 0.3) is 6.43 Å². The molecule has 2 saturated heterocycles. The number of halogens is 3. The third kappa shape index (κ3) is 4.13. The van der Waals surface area contributed by atoms with Crippen LogP contribution in [0.4, 0.5) is 24.9 Å². The minimum atomic E-state index is -2.53. The molecule has 2 fully saturated rings. The molecule has 10 nitrogen and oxygen atoms in total. The Morgan fingerprint density at radius 1 is 1.21 bits per heavy atom. The second-order valence-electron chi connectivity index (χ2n) is 10.1. The van der Waals surface area contributed by atoms with Crippen LogP contribution >= 0.6 is 0 Å². The van der Waals surface area contributed by atoms with Crippen molar-refractivity contribution in [2.45, 2.75) is 57.4 Å². The van der Waals surface area contributed by atoms with Crippen molar-refractivity contribution in [3.05, 3.63) is 30.2 Å². The van der Waals surface area contributed by atoms with Crippen molar-refractivity contribution in [2.75, 3.05) is 37.4 Å². The Bertz CT molecular complexity index is 1480. The van der Waals surface area contributed by atoms with Crippen LogP contribution in [0, 0.1) is 6.92 Å². The van der Waals surface area contributed by atoms with Gasteiger partial charge in [-0.25, -0.2) is 27.7 Å². The fourth-order valence-electron chi connectivity index (χ4n) is 5.55. The highest BCUT2D eigenvalue weighted by Crippen LogP contribution is 2.33. The minimum Gasteiger partial charge on any atom is -0.382 e. The van der Waals surface area contributed by atoms with E-state index in [0.29, 0.717) is 59.9 Å². The van der Waals surface area contributed by atoms with E-state index in [1.165, 1.54) is 4.57 Å². The lowest BCUT2D eigenvalue weighted by Gasteiger charge is -2.52. The molecule has 0 bridgehead atoms. The highest BCUT2D eigenvalue weighted by Gasteiger charge is 2.46. The molecule has 4 aromatic heterocycles. The van der Waals surface area contributed by atoms with E-state index in [2.05, 4.69) is 37.2 Å². The molecule has 0 aromatic carbocycles. The number of piperidine rings is 1. The van der Waals surface area contributed by atoms with Gasteiger partial charge in [-0.3, -0.25) is 4.90 Å². The number of alkyl halides is 3. The van der Waals surface area contributed by atoms with Crippen LogP contribution < -0.4 is 11.1 Å². The van der Waals surface area contributed by atoms with Gasteiger partial charge in [0, 0.05) is 24.8 Å². The maximum absolute atomic E-state index is 15.2. The Morgan fingerprint density at radius 2 is 2.03 bits per heavy atom. The number of aromatic nitrogens is 6. The van der Waals surface area contributed by atoms with Crippen molar-refractivity contribution < 1.29 is 17.9 Å². The summed E-state index contributed by atoms with van der Waals surface area (Å²) in [7, 11) is 0. The van der Waals surface area contributed by atoms with Crippen molar-refractivity contribution in [1.82, 2.24) is 34.0 Å². The fraction of sp³-hybridized carbons (Fsp3) is 0.520. The van der Waals surface area contributed by atoms with Crippen molar-refractivity contribution in [3.63, 3.8) is 0 Å². The number of rotatable bonds is 7. The van der Waals surface area contributed by atoms with Crippen LogP contribution in [0.3, 0.4) is 0 Å². The summed E-state index contributed by atoms with van der Waals surface area (Å²) in [5.41, 5.74) is 8.91. The average molecular weight is 530 g/mol.